The Labute approximate surface area is 312 Å². The van der Waals surface area contributed by atoms with Gasteiger partial charge in [-0.1, -0.05) is 140 Å². The van der Waals surface area contributed by atoms with Gasteiger partial charge in [-0.3, -0.25) is 0 Å². The molecule has 1 aliphatic heterocycles. The standard InChI is InChI=1S/C49H32N4O/c1-3-14-31(15-4-1)47-50-48(52-49(51-47)41-24-13-26-43-45(41)40-21-7-9-25-42(40)53(43)34-18-5-2-6-19-34)33-17-11-16-32(30-33)35-22-12-23-38-36(35)28-29-39-37-20-8-10-27-44(37)54-46(38)39/h1-30,41,45H. The number of para-hydroxylation sites is 3. The molecule has 0 bridgehead atoms. The molecule has 2 aromatic heterocycles. The summed E-state index contributed by atoms with van der Waals surface area (Å²) < 4.78 is 6.42. The van der Waals surface area contributed by atoms with Crippen LogP contribution in [0.15, 0.2) is 192 Å². The fraction of sp³-hybridized carbons (Fsp3) is 0.0408. The SMILES string of the molecule is C1=CC(c2nc(-c3ccccc3)nc(-c3cccc(-c4cccc5c4ccc4c6ccccc6oc54)c3)n2)C2C(=C1)N(c1ccccc1)c1ccccc12. The molecule has 1 aliphatic carbocycles. The van der Waals surface area contributed by atoms with Gasteiger partial charge in [-0.15, -0.1) is 0 Å². The van der Waals surface area contributed by atoms with E-state index in [1.165, 1.54) is 16.9 Å². The van der Waals surface area contributed by atoms with Crippen molar-refractivity contribution in [1.29, 1.82) is 0 Å². The second-order valence-corrected chi connectivity index (χ2v) is 13.9. The van der Waals surface area contributed by atoms with Crippen molar-refractivity contribution < 1.29 is 4.42 Å². The summed E-state index contributed by atoms with van der Waals surface area (Å²) in [5.41, 5.74) is 10.7. The highest BCUT2D eigenvalue weighted by Gasteiger charge is 2.41. The molecule has 0 saturated carbocycles. The summed E-state index contributed by atoms with van der Waals surface area (Å²) in [6, 6.07) is 57.2. The van der Waals surface area contributed by atoms with Crippen LogP contribution in [0.4, 0.5) is 11.4 Å². The van der Waals surface area contributed by atoms with Crippen LogP contribution in [0.3, 0.4) is 0 Å². The molecule has 0 amide bonds. The fourth-order valence-electron chi connectivity index (χ4n) is 8.44. The molecule has 2 atom stereocenters. The molecule has 2 unspecified atom stereocenters. The van der Waals surface area contributed by atoms with Crippen LogP contribution in [0.5, 0.6) is 0 Å². The summed E-state index contributed by atoms with van der Waals surface area (Å²) >= 11 is 0. The van der Waals surface area contributed by atoms with Gasteiger partial charge in [0.2, 0.25) is 0 Å². The van der Waals surface area contributed by atoms with E-state index in [1.54, 1.807) is 0 Å². The molecule has 0 radical (unpaired) electrons. The van der Waals surface area contributed by atoms with E-state index in [2.05, 4.69) is 157 Å². The van der Waals surface area contributed by atoms with Crippen molar-refractivity contribution in [2.45, 2.75) is 11.8 Å². The number of hydrogen-bond donors (Lipinski definition) is 0. The molecule has 54 heavy (non-hydrogen) atoms. The summed E-state index contributed by atoms with van der Waals surface area (Å²) in [5, 5.41) is 4.49. The van der Waals surface area contributed by atoms with Crippen LogP contribution < -0.4 is 4.90 Å². The largest absolute Gasteiger partial charge is 0.455 e. The number of anilines is 2. The molecule has 5 nitrogen and oxygen atoms in total. The maximum absolute atomic E-state index is 6.42. The zero-order valence-corrected chi connectivity index (χ0v) is 29.2. The molecule has 0 N–H and O–H groups in total. The van der Waals surface area contributed by atoms with Crippen molar-refractivity contribution in [3.8, 4) is 33.9 Å². The van der Waals surface area contributed by atoms with Crippen molar-refractivity contribution in [1.82, 2.24) is 15.0 Å². The van der Waals surface area contributed by atoms with Gasteiger partial charge in [-0.25, -0.2) is 15.0 Å². The third kappa shape index (κ3) is 4.82. The molecule has 7 aromatic carbocycles. The highest BCUT2D eigenvalue weighted by Crippen LogP contribution is 2.54. The molecule has 11 rings (SSSR count). The second-order valence-electron chi connectivity index (χ2n) is 13.9. The molecule has 2 aliphatic rings. The predicted molar refractivity (Wildman–Crippen MR) is 219 cm³/mol. The highest BCUT2D eigenvalue weighted by atomic mass is 16.3. The van der Waals surface area contributed by atoms with Crippen molar-refractivity contribution in [2.24, 2.45) is 0 Å². The number of benzene rings is 7. The highest BCUT2D eigenvalue weighted by molar-refractivity contribution is 6.17. The zero-order valence-electron chi connectivity index (χ0n) is 29.2. The van der Waals surface area contributed by atoms with Gasteiger partial charge in [0.25, 0.3) is 0 Å². The average Bonchev–Trinajstić information content (AvgIpc) is 3.80. The number of furan rings is 1. The number of aromatic nitrogens is 3. The molecule has 0 saturated heterocycles. The van der Waals surface area contributed by atoms with Gasteiger partial charge in [-0.2, -0.15) is 0 Å². The molecule has 254 valence electrons. The van der Waals surface area contributed by atoms with Crippen LogP contribution in [0.2, 0.25) is 0 Å². The first-order valence-corrected chi connectivity index (χ1v) is 18.4. The van der Waals surface area contributed by atoms with Crippen LogP contribution >= 0.6 is 0 Å². The Morgan fingerprint density at radius 1 is 0.519 bits per heavy atom. The monoisotopic (exact) mass is 692 g/mol. The topological polar surface area (TPSA) is 55.1 Å². The molecule has 3 heterocycles. The lowest BCUT2D eigenvalue weighted by molar-refractivity contribution is 0.662. The van der Waals surface area contributed by atoms with Gasteiger partial charge < -0.3 is 9.32 Å². The van der Waals surface area contributed by atoms with E-state index >= 15 is 0 Å². The number of rotatable bonds is 5. The molecule has 0 spiro atoms. The van der Waals surface area contributed by atoms with Gasteiger partial charge in [0.1, 0.15) is 17.0 Å². The molecule has 9 aromatic rings. The minimum absolute atomic E-state index is 0.0439. The molecular formula is C49H32N4O. The van der Waals surface area contributed by atoms with E-state index in [4.69, 9.17) is 19.4 Å². The average molecular weight is 693 g/mol. The summed E-state index contributed by atoms with van der Waals surface area (Å²) in [4.78, 5) is 18.1. The van der Waals surface area contributed by atoms with E-state index in [0.717, 1.165) is 66.5 Å². The number of hydrogen-bond acceptors (Lipinski definition) is 5. The normalized spacial score (nSPS) is 16.1. The number of nitrogens with zero attached hydrogens (tertiary/aromatic N) is 4. The maximum Gasteiger partial charge on any atom is 0.163 e. The van der Waals surface area contributed by atoms with Gasteiger partial charge in [0, 0.05) is 56.2 Å². The summed E-state index contributed by atoms with van der Waals surface area (Å²) in [6.45, 7) is 0. The molecule has 5 heteroatoms. The van der Waals surface area contributed by atoms with E-state index in [1.807, 2.05) is 30.3 Å². The Balaban J connectivity index is 1.05. The first-order chi connectivity index (χ1) is 26.8. The molecule has 0 fully saturated rings. The van der Waals surface area contributed by atoms with E-state index < -0.39 is 0 Å². The van der Waals surface area contributed by atoms with Crippen molar-refractivity contribution in [3.05, 3.63) is 199 Å². The van der Waals surface area contributed by atoms with Crippen LogP contribution in [0, 0.1) is 0 Å². The van der Waals surface area contributed by atoms with Crippen LogP contribution in [0.1, 0.15) is 23.2 Å². The Hall–Kier alpha value is -7.11. The smallest absolute Gasteiger partial charge is 0.163 e. The van der Waals surface area contributed by atoms with Crippen LogP contribution in [0.25, 0.3) is 66.6 Å². The Kier molecular flexibility index (Phi) is 6.92. The van der Waals surface area contributed by atoms with Crippen molar-refractivity contribution in [3.63, 3.8) is 0 Å². The van der Waals surface area contributed by atoms with Crippen molar-refractivity contribution in [2.75, 3.05) is 4.90 Å². The molecular weight excluding hydrogens is 661 g/mol. The lowest BCUT2D eigenvalue weighted by atomic mass is 9.82. The van der Waals surface area contributed by atoms with Gasteiger partial charge in [-0.05, 0) is 64.6 Å². The quantitative estimate of drug-likeness (QED) is 0.180. The minimum atomic E-state index is -0.100. The van der Waals surface area contributed by atoms with Gasteiger partial charge in [0.15, 0.2) is 11.6 Å². The predicted octanol–water partition coefficient (Wildman–Crippen LogP) is 12.4. The number of allylic oxidation sites excluding steroid dienone is 4. The Morgan fingerprint density at radius 2 is 1.19 bits per heavy atom. The van der Waals surface area contributed by atoms with E-state index in [9.17, 15) is 0 Å². The number of fused-ring (bicyclic) bond motifs is 8. The summed E-state index contributed by atoms with van der Waals surface area (Å²) in [5.74, 6) is 2.00. The maximum atomic E-state index is 6.42. The van der Waals surface area contributed by atoms with Crippen LogP contribution in [-0.2, 0) is 0 Å². The summed E-state index contributed by atoms with van der Waals surface area (Å²) in [7, 11) is 0. The lowest BCUT2D eigenvalue weighted by Gasteiger charge is -2.28. The Bertz CT molecular complexity index is 2960. The first kappa shape index (κ1) is 30.5. The third-order valence-electron chi connectivity index (χ3n) is 10.9. The van der Waals surface area contributed by atoms with Gasteiger partial charge >= 0.3 is 0 Å². The third-order valence-corrected chi connectivity index (χ3v) is 10.9. The van der Waals surface area contributed by atoms with Crippen molar-refractivity contribution >= 4 is 44.1 Å². The summed E-state index contributed by atoms with van der Waals surface area (Å²) in [6.07, 6.45) is 6.64. The van der Waals surface area contributed by atoms with Gasteiger partial charge in [0.05, 0.1) is 0 Å². The second kappa shape index (κ2) is 12.2. The first-order valence-electron chi connectivity index (χ1n) is 18.4. The lowest BCUT2D eigenvalue weighted by Crippen LogP contribution is -2.20. The zero-order chi connectivity index (χ0) is 35.6. The van der Waals surface area contributed by atoms with E-state index in [0.29, 0.717) is 11.6 Å². The Morgan fingerprint density at radius 3 is 2.07 bits per heavy atom. The van der Waals surface area contributed by atoms with E-state index in [-0.39, 0.29) is 11.8 Å². The minimum Gasteiger partial charge on any atom is -0.455 e. The van der Waals surface area contributed by atoms with Crippen LogP contribution in [-0.4, -0.2) is 15.0 Å². The fourth-order valence-corrected chi connectivity index (χ4v) is 8.44.